The Morgan fingerprint density at radius 3 is 2.94 bits per heavy atom. The topological polar surface area (TPSA) is 65.4 Å². The number of ether oxygens (including phenoxy) is 1. The Morgan fingerprint density at radius 2 is 2.38 bits per heavy atom. The van der Waals surface area contributed by atoms with Crippen LogP contribution in [0, 0.1) is 11.3 Å². The molecule has 0 aromatic rings. The van der Waals surface area contributed by atoms with E-state index in [1.807, 2.05) is 6.07 Å². The number of nitrogens with zero attached hydrogens (tertiary/aromatic N) is 2. The van der Waals surface area contributed by atoms with Crippen molar-refractivity contribution >= 4 is 5.91 Å². The summed E-state index contributed by atoms with van der Waals surface area (Å²) in [5.41, 5.74) is 0. The van der Waals surface area contributed by atoms with Crippen LogP contribution < -0.4 is 5.32 Å². The van der Waals surface area contributed by atoms with E-state index >= 15 is 0 Å². The summed E-state index contributed by atoms with van der Waals surface area (Å²) < 4.78 is 4.91. The number of nitrogens with one attached hydrogen (secondary N) is 1. The number of methoxy groups -OCH3 is 1. The van der Waals surface area contributed by atoms with E-state index in [1.54, 1.807) is 18.1 Å². The van der Waals surface area contributed by atoms with Crippen LogP contribution >= 0.6 is 0 Å². The van der Waals surface area contributed by atoms with Crippen molar-refractivity contribution in [2.45, 2.75) is 6.42 Å². The highest BCUT2D eigenvalue weighted by Gasteiger charge is 2.11. The molecule has 5 nitrogen and oxygen atoms in total. The average molecular weight is 225 g/mol. The Hall–Kier alpha value is -1.38. The maximum Gasteiger partial charge on any atom is 0.236 e. The maximum atomic E-state index is 11.7. The summed E-state index contributed by atoms with van der Waals surface area (Å²) in [6, 6.07) is 2.03. The molecule has 0 saturated heterocycles. The van der Waals surface area contributed by atoms with Crippen LogP contribution in [0.5, 0.6) is 0 Å². The van der Waals surface area contributed by atoms with Gasteiger partial charge in [-0.05, 0) is 0 Å². The highest BCUT2D eigenvalue weighted by Crippen LogP contribution is 1.92. The van der Waals surface area contributed by atoms with Gasteiger partial charge in [-0.2, -0.15) is 5.26 Å². The minimum atomic E-state index is -0.0193. The summed E-state index contributed by atoms with van der Waals surface area (Å²) in [4.78, 5) is 13.3. The predicted octanol–water partition coefficient (Wildman–Crippen LogP) is 0.151. The third-order valence-electron chi connectivity index (χ3n) is 1.98. The zero-order valence-electron chi connectivity index (χ0n) is 9.74. The molecule has 0 radical (unpaired) electrons. The molecule has 0 bridgehead atoms. The molecule has 0 rings (SSSR count). The largest absolute Gasteiger partial charge is 0.383 e. The van der Waals surface area contributed by atoms with Crippen LogP contribution in [-0.2, 0) is 9.53 Å². The van der Waals surface area contributed by atoms with Gasteiger partial charge in [0.05, 0.1) is 25.6 Å². The lowest BCUT2D eigenvalue weighted by Gasteiger charge is -2.21. The molecule has 0 aliphatic carbocycles. The first-order valence-corrected chi connectivity index (χ1v) is 5.21. The smallest absolute Gasteiger partial charge is 0.236 e. The third kappa shape index (κ3) is 6.98. The molecule has 0 spiro atoms. The maximum absolute atomic E-state index is 11.7. The third-order valence-corrected chi connectivity index (χ3v) is 1.98. The van der Waals surface area contributed by atoms with E-state index in [1.165, 1.54) is 0 Å². The van der Waals surface area contributed by atoms with Crippen LogP contribution in [-0.4, -0.2) is 50.7 Å². The number of carbonyl (C=O) groups excluding carboxylic acids is 1. The second-order valence-corrected chi connectivity index (χ2v) is 3.20. The first-order chi connectivity index (χ1) is 7.76. The Labute approximate surface area is 96.7 Å². The molecule has 0 saturated carbocycles. The van der Waals surface area contributed by atoms with Gasteiger partial charge in [0.25, 0.3) is 0 Å². The SMILES string of the molecule is C=CCNCC(=O)N(CCC#N)CCOC. The number of nitriles is 1. The highest BCUT2D eigenvalue weighted by molar-refractivity contribution is 5.78. The van der Waals surface area contributed by atoms with Gasteiger partial charge >= 0.3 is 0 Å². The van der Waals surface area contributed by atoms with E-state index in [9.17, 15) is 4.79 Å². The molecular formula is C11H19N3O2. The van der Waals surface area contributed by atoms with Crippen LogP contribution in [0.2, 0.25) is 0 Å². The van der Waals surface area contributed by atoms with Crippen molar-refractivity contribution in [2.75, 3.05) is 39.9 Å². The number of hydrogen-bond donors (Lipinski definition) is 1. The fourth-order valence-electron chi connectivity index (χ4n) is 1.14. The summed E-state index contributed by atoms with van der Waals surface area (Å²) in [6.45, 7) is 5.87. The molecule has 16 heavy (non-hydrogen) atoms. The van der Waals surface area contributed by atoms with Crippen LogP contribution in [0.3, 0.4) is 0 Å². The van der Waals surface area contributed by atoms with Gasteiger partial charge in [0.1, 0.15) is 0 Å². The second kappa shape index (κ2) is 10.1. The molecule has 1 amide bonds. The monoisotopic (exact) mass is 225 g/mol. The number of hydrogen-bond acceptors (Lipinski definition) is 4. The molecule has 0 fully saturated rings. The number of carbonyl (C=O) groups is 1. The summed E-state index contributed by atoms with van der Waals surface area (Å²) >= 11 is 0. The van der Waals surface area contributed by atoms with E-state index in [-0.39, 0.29) is 12.5 Å². The second-order valence-electron chi connectivity index (χ2n) is 3.20. The van der Waals surface area contributed by atoms with Gasteiger partial charge in [0.2, 0.25) is 5.91 Å². The molecule has 0 heterocycles. The Bertz CT molecular complexity index is 248. The van der Waals surface area contributed by atoms with Gasteiger partial charge in [-0.15, -0.1) is 6.58 Å². The summed E-state index contributed by atoms with van der Waals surface area (Å²) in [5.74, 6) is -0.0193. The van der Waals surface area contributed by atoms with Crippen molar-refractivity contribution < 1.29 is 9.53 Å². The fraction of sp³-hybridized carbons (Fsp3) is 0.636. The molecule has 0 aliphatic rings. The zero-order chi connectivity index (χ0) is 12.2. The minimum Gasteiger partial charge on any atom is -0.383 e. The molecule has 5 heteroatoms. The van der Waals surface area contributed by atoms with Gasteiger partial charge in [-0.1, -0.05) is 6.08 Å². The summed E-state index contributed by atoms with van der Waals surface area (Å²) in [5, 5.41) is 11.4. The molecule has 0 aromatic heterocycles. The number of rotatable bonds is 9. The molecule has 90 valence electrons. The van der Waals surface area contributed by atoms with E-state index in [2.05, 4.69) is 11.9 Å². The first kappa shape index (κ1) is 14.6. The van der Waals surface area contributed by atoms with Crippen LogP contribution in [0.15, 0.2) is 12.7 Å². The molecule has 0 unspecified atom stereocenters. The predicted molar refractivity (Wildman–Crippen MR) is 61.8 cm³/mol. The quantitative estimate of drug-likeness (QED) is 0.448. The average Bonchev–Trinajstić information content (AvgIpc) is 2.29. The van der Waals surface area contributed by atoms with Crippen molar-refractivity contribution in [3.63, 3.8) is 0 Å². The lowest BCUT2D eigenvalue weighted by molar-refractivity contribution is -0.130. The molecule has 0 aromatic carbocycles. The minimum absolute atomic E-state index is 0.0193. The lowest BCUT2D eigenvalue weighted by Crippen LogP contribution is -2.40. The zero-order valence-corrected chi connectivity index (χ0v) is 9.74. The fourth-order valence-corrected chi connectivity index (χ4v) is 1.14. The van der Waals surface area contributed by atoms with Gasteiger partial charge in [-0.3, -0.25) is 4.79 Å². The first-order valence-electron chi connectivity index (χ1n) is 5.21. The van der Waals surface area contributed by atoms with E-state index in [4.69, 9.17) is 10.00 Å². The lowest BCUT2D eigenvalue weighted by atomic mass is 10.3. The molecular weight excluding hydrogens is 206 g/mol. The van der Waals surface area contributed by atoms with Gasteiger partial charge in [-0.25, -0.2) is 0 Å². The number of amides is 1. The van der Waals surface area contributed by atoms with Crippen molar-refractivity contribution in [1.29, 1.82) is 5.26 Å². The Kier molecular flexibility index (Phi) is 9.27. The van der Waals surface area contributed by atoms with Gasteiger partial charge < -0.3 is 15.0 Å². The van der Waals surface area contributed by atoms with Gasteiger partial charge in [0.15, 0.2) is 0 Å². The van der Waals surface area contributed by atoms with Crippen molar-refractivity contribution in [3.8, 4) is 6.07 Å². The summed E-state index contributed by atoms with van der Waals surface area (Å²) in [7, 11) is 1.59. The highest BCUT2D eigenvalue weighted by atomic mass is 16.5. The van der Waals surface area contributed by atoms with Crippen LogP contribution in [0.1, 0.15) is 6.42 Å². The van der Waals surface area contributed by atoms with Gasteiger partial charge in [0, 0.05) is 26.7 Å². The normalized spacial score (nSPS) is 9.50. The van der Waals surface area contributed by atoms with E-state index in [0.717, 1.165) is 0 Å². The Balaban J connectivity index is 3.99. The molecule has 0 aliphatic heterocycles. The van der Waals surface area contributed by atoms with Crippen molar-refractivity contribution in [3.05, 3.63) is 12.7 Å². The molecule has 0 atom stereocenters. The van der Waals surface area contributed by atoms with Crippen molar-refractivity contribution in [2.24, 2.45) is 0 Å². The molecule has 1 N–H and O–H groups in total. The van der Waals surface area contributed by atoms with E-state index < -0.39 is 0 Å². The summed E-state index contributed by atoms with van der Waals surface area (Å²) in [6.07, 6.45) is 2.04. The Morgan fingerprint density at radius 1 is 1.62 bits per heavy atom. The van der Waals surface area contributed by atoms with Crippen LogP contribution in [0.25, 0.3) is 0 Å². The van der Waals surface area contributed by atoms with Crippen molar-refractivity contribution in [1.82, 2.24) is 10.2 Å². The standard InChI is InChI=1S/C11H19N3O2/c1-3-6-13-10-11(15)14(7-4-5-12)8-9-16-2/h3,13H,1,4,6-10H2,2H3. The van der Waals surface area contributed by atoms with Crippen LogP contribution in [0.4, 0.5) is 0 Å². The van der Waals surface area contributed by atoms with E-state index in [0.29, 0.717) is 32.7 Å².